The molecule has 1 fully saturated rings. The standard InChI is InChI=1S/C5H11BrN2.BrH/c1-7-3-4-8(2)5(7)6;/h5H,3-4H2,1-2H3;1H. The lowest BCUT2D eigenvalue weighted by Gasteiger charge is -2.13. The van der Waals surface area contributed by atoms with Gasteiger partial charge in [0, 0.05) is 0 Å². The molecule has 1 N–H and O–H groups in total. The van der Waals surface area contributed by atoms with Crippen LogP contribution in [0.3, 0.4) is 0 Å². The summed E-state index contributed by atoms with van der Waals surface area (Å²) in [7, 11) is 4.33. The van der Waals surface area contributed by atoms with Gasteiger partial charge in [-0.05, 0) is 23.0 Å². The molecule has 0 aromatic heterocycles. The summed E-state index contributed by atoms with van der Waals surface area (Å²) in [6.07, 6.45) is 0. The van der Waals surface area contributed by atoms with Crippen LogP contribution in [-0.4, -0.2) is 37.2 Å². The van der Waals surface area contributed by atoms with Gasteiger partial charge >= 0.3 is 0 Å². The molecule has 0 bridgehead atoms. The number of rotatable bonds is 0. The van der Waals surface area contributed by atoms with Gasteiger partial charge in [0.2, 0.25) is 0 Å². The molecule has 2 nitrogen and oxygen atoms in total. The summed E-state index contributed by atoms with van der Waals surface area (Å²) in [5.41, 5.74) is 0. The number of quaternary nitrogens is 1. The zero-order valence-corrected chi connectivity index (χ0v) is 8.87. The van der Waals surface area contributed by atoms with Crippen LogP contribution in [0.15, 0.2) is 0 Å². The molecule has 2 unspecified atom stereocenters. The molecule has 1 aliphatic rings. The molecule has 0 aliphatic carbocycles. The molecule has 1 heterocycles. The topological polar surface area (TPSA) is 7.68 Å². The lowest BCUT2D eigenvalue weighted by Crippen LogP contribution is -3.10. The SMILES string of the molecule is CN1CC[NH+](C)C1Br.[Br-]. The van der Waals surface area contributed by atoms with Crippen LogP contribution in [0.1, 0.15) is 0 Å². The Morgan fingerprint density at radius 3 is 2.33 bits per heavy atom. The second-order valence-electron chi connectivity index (χ2n) is 2.41. The van der Waals surface area contributed by atoms with Crippen LogP contribution in [0.4, 0.5) is 0 Å². The van der Waals surface area contributed by atoms with Gasteiger partial charge in [-0.2, -0.15) is 0 Å². The number of halogens is 2. The first-order valence-electron chi connectivity index (χ1n) is 2.88. The van der Waals surface area contributed by atoms with Gasteiger partial charge in [-0.3, -0.25) is 0 Å². The number of nitrogens with one attached hydrogen (secondary N) is 1. The highest BCUT2D eigenvalue weighted by Crippen LogP contribution is 1.99. The first-order valence-corrected chi connectivity index (χ1v) is 3.80. The summed E-state index contributed by atoms with van der Waals surface area (Å²) in [6, 6.07) is 0. The Balaban J connectivity index is 0.000000640. The molecule has 9 heavy (non-hydrogen) atoms. The molecular formula is C5H12Br2N2. The Bertz CT molecular complexity index is 79.0. The normalized spacial score (nSPS) is 36.3. The highest BCUT2D eigenvalue weighted by Gasteiger charge is 2.26. The van der Waals surface area contributed by atoms with Crippen LogP contribution >= 0.6 is 15.9 Å². The molecule has 1 aliphatic heterocycles. The fourth-order valence-corrected chi connectivity index (χ4v) is 1.40. The largest absolute Gasteiger partial charge is 1.00 e. The summed E-state index contributed by atoms with van der Waals surface area (Å²) < 4.78 is 0. The molecule has 1 rings (SSSR count). The zero-order valence-electron chi connectivity index (χ0n) is 5.69. The predicted octanol–water partition coefficient (Wildman–Crippen LogP) is -3.87. The summed E-state index contributed by atoms with van der Waals surface area (Å²) in [5.74, 6) is 0. The average molecular weight is 260 g/mol. The number of hydrogen-bond acceptors (Lipinski definition) is 1. The van der Waals surface area contributed by atoms with E-state index in [0.717, 1.165) is 0 Å². The van der Waals surface area contributed by atoms with E-state index in [1.165, 1.54) is 13.1 Å². The summed E-state index contributed by atoms with van der Waals surface area (Å²) >= 11 is 3.56. The fraction of sp³-hybridized carbons (Fsp3) is 1.00. The third-order valence-corrected chi connectivity index (χ3v) is 3.13. The lowest BCUT2D eigenvalue weighted by molar-refractivity contribution is -0.880. The average Bonchev–Trinajstić information content (AvgIpc) is 1.98. The number of alkyl halides is 1. The maximum absolute atomic E-state index is 3.56. The number of hydrogen-bond donors (Lipinski definition) is 1. The van der Waals surface area contributed by atoms with Gasteiger partial charge in [-0.1, -0.05) is 0 Å². The summed E-state index contributed by atoms with van der Waals surface area (Å²) in [4.78, 5) is 3.85. The maximum atomic E-state index is 3.56. The van der Waals surface area contributed by atoms with Gasteiger partial charge in [0.15, 0.2) is 5.08 Å². The van der Waals surface area contributed by atoms with E-state index in [0.29, 0.717) is 5.08 Å². The summed E-state index contributed by atoms with van der Waals surface area (Å²) in [5, 5.41) is 0.544. The van der Waals surface area contributed by atoms with Crippen molar-refractivity contribution < 1.29 is 21.9 Å². The Hall–Kier alpha value is 0.880. The highest BCUT2D eigenvalue weighted by atomic mass is 79.9. The van der Waals surface area contributed by atoms with Gasteiger partial charge in [0.25, 0.3) is 0 Å². The van der Waals surface area contributed by atoms with Gasteiger partial charge < -0.3 is 21.9 Å². The molecule has 0 aromatic rings. The molecular weight excluding hydrogens is 248 g/mol. The number of likely N-dealkylation sites (N-methyl/N-ethyl adjacent to an activating group) is 2. The Morgan fingerprint density at radius 1 is 1.67 bits per heavy atom. The Morgan fingerprint density at radius 2 is 2.22 bits per heavy atom. The third kappa shape index (κ3) is 2.18. The first kappa shape index (κ1) is 9.88. The van der Waals surface area contributed by atoms with Crippen LogP contribution in [0.5, 0.6) is 0 Å². The zero-order chi connectivity index (χ0) is 6.15. The molecule has 0 radical (unpaired) electrons. The molecule has 0 amide bonds. The van der Waals surface area contributed by atoms with Crippen LogP contribution in [0.25, 0.3) is 0 Å². The van der Waals surface area contributed by atoms with Crippen molar-refractivity contribution in [2.45, 2.75) is 5.08 Å². The molecule has 1 saturated heterocycles. The van der Waals surface area contributed by atoms with Crippen molar-refractivity contribution in [2.75, 3.05) is 27.2 Å². The Labute approximate surface area is 75.1 Å². The second-order valence-corrected chi connectivity index (χ2v) is 3.28. The maximum Gasteiger partial charge on any atom is 0.199 e. The van der Waals surface area contributed by atoms with Crippen LogP contribution in [0, 0.1) is 0 Å². The van der Waals surface area contributed by atoms with Crippen molar-refractivity contribution in [2.24, 2.45) is 0 Å². The second kappa shape index (κ2) is 3.91. The van der Waals surface area contributed by atoms with E-state index in [2.05, 4.69) is 34.9 Å². The first-order chi connectivity index (χ1) is 3.72. The van der Waals surface area contributed by atoms with E-state index >= 15 is 0 Å². The predicted molar refractivity (Wildman–Crippen MR) is 37.1 cm³/mol. The smallest absolute Gasteiger partial charge is 0.199 e. The van der Waals surface area contributed by atoms with Crippen molar-refractivity contribution >= 4 is 15.9 Å². The van der Waals surface area contributed by atoms with E-state index in [1.807, 2.05) is 0 Å². The molecule has 0 saturated carbocycles. The molecule has 2 atom stereocenters. The van der Waals surface area contributed by atoms with Crippen molar-refractivity contribution in [1.82, 2.24) is 4.90 Å². The summed E-state index contributed by atoms with van der Waals surface area (Å²) in [6.45, 7) is 2.47. The monoisotopic (exact) mass is 258 g/mol. The van der Waals surface area contributed by atoms with E-state index in [-0.39, 0.29) is 17.0 Å². The van der Waals surface area contributed by atoms with Crippen LogP contribution in [0.2, 0.25) is 0 Å². The minimum absolute atomic E-state index is 0. The van der Waals surface area contributed by atoms with Gasteiger partial charge in [0.1, 0.15) is 0 Å². The third-order valence-electron chi connectivity index (χ3n) is 1.65. The molecule has 0 spiro atoms. The minimum atomic E-state index is 0. The molecule has 4 heteroatoms. The molecule has 56 valence electrons. The van der Waals surface area contributed by atoms with E-state index in [4.69, 9.17) is 0 Å². The molecule has 0 aromatic carbocycles. The van der Waals surface area contributed by atoms with Crippen molar-refractivity contribution in [3.05, 3.63) is 0 Å². The Kier molecular flexibility index (Phi) is 4.29. The van der Waals surface area contributed by atoms with Crippen molar-refractivity contribution in [3.8, 4) is 0 Å². The van der Waals surface area contributed by atoms with E-state index in [9.17, 15) is 0 Å². The minimum Gasteiger partial charge on any atom is -1.00 e. The number of nitrogens with zero attached hydrogens (tertiary/aromatic N) is 1. The lowest BCUT2D eigenvalue weighted by atomic mass is 10.6. The highest BCUT2D eigenvalue weighted by molar-refractivity contribution is 9.09. The quantitative estimate of drug-likeness (QED) is 0.346. The van der Waals surface area contributed by atoms with Crippen molar-refractivity contribution in [1.29, 1.82) is 0 Å². The van der Waals surface area contributed by atoms with Crippen LogP contribution in [-0.2, 0) is 0 Å². The van der Waals surface area contributed by atoms with Gasteiger partial charge in [-0.25, -0.2) is 4.90 Å². The fourth-order valence-electron chi connectivity index (χ4n) is 0.961. The van der Waals surface area contributed by atoms with Crippen molar-refractivity contribution in [3.63, 3.8) is 0 Å². The van der Waals surface area contributed by atoms with Gasteiger partial charge in [-0.15, -0.1) is 0 Å². The van der Waals surface area contributed by atoms with E-state index in [1.54, 1.807) is 4.90 Å². The van der Waals surface area contributed by atoms with Crippen LogP contribution < -0.4 is 21.9 Å². The van der Waals surface area contributed by atoms with E-state index < -0.39 is 0 Å². The van der Waals surface area contributed by atoms with Gasteiger partial charge in [0.05, 0.1) is 20.1 Å².